The Kier molecular flexibility index (Phi) is 5.90. The third-order valence-electron chi connectivity index (χ3n) is 3.02. The minimum atomic E-state index is -1.05. The van der Waals surface area contributed by atoms with Gasteiger partial charge in [-0.1, -0.05) is 30.3 Å². The van der Waals surface area contributed by atoms with Gasteiger partial charge in [-0.25, -0.2) is 9.59 Å². The van der Waals surface area contributed by atoms with Crippen LogP contribution in [0.5, 0.6) is 0 Å². The molecule has 2 rings (SSSR count). The van der Waals surface area contributed by atoms with E-state index in [-0.39, 0.29) is 18.7 Å². The van der Waals surface area contributed by atoms with E-state index in [0.29, 0.717) is 5.69 Å². The van der Waals surface area contributed by atoms with Gasteiger partial charge in [-0.2, -0.15) is 0 Å². The minimum Gasteiger partial charge on any atom is -0.478 e. The van der Waals surface area contributed by atoms with Gasteiger partial charge in [-0.15, -0.1) is 0 Å². The normalized spacial score (nSPS) is 9.83. The summed E-state index contributed by atoms with van der Waals surface area (Å²) in [6.45, 7) is -0.140. The summed E-state index contributed by atoms with van der Waals surface area (Å²) in [5.74, 6) is -1.49. The Morgan fingerprint density at radius 1 is 0.958 bits per heavy atom. The van der Waals surface area contributed by atoms with E-state index in [2.05, 4.69) is 10.6 Å². The molecule has 0 bridgehead atoms. The van der Waals surface area contributed by atoms with Gasteiger partial charge in [0.25, 0.3) is 0 Å². The van der Waals surface area contributed by atoms with Crippen LogP contribution in [0.15, 0.2) is 54.6 Å². The van der Waals surface area contributed by atoms with Crippen LogP contribution in [-0.2, 0) is 16.1 Å². The average Bonchev–Trinajstić information content (AvgIpc) is 2.59. The molecule has 2 amide bonds. The van der Waals surface area contributed by atoms with Crippen molar-refractivity contribution in [3.05, 3.63) is 65.7 Å². The van der Waals surface area contributed by atoms with E-state index in [1.54, 1.807) is 0 Å². The minimum absolute atomic E-state index is 0.116. The van der Waals surface area contributed by atoms with E-state index >= 15 is 0 Å². The van der Waals surface area contributed by atoms with E-state index in [1.165, 1.54) is 24.3 Å². The lowest BCUT2D eigenvalue weighted by Crippen LogP contribution is -2.33. The highest BCUT2D eigenvalue weighted by molar-refractivity contribution is 5.94. The first-order valence-corrected chi connectivity index (χ1v) is 7.12. The van der Waals surface area contributed by atoms with Gasteiger partial charge in [0, 0.05) is 5.69 Å². The summed E-state index contributed by atoms with van der Waals surface area (Å²) < 4.78 is 4.98. The molecule has 124 valence electrons. The lowest BCUT2D eigenvalue weighted by molar-refractivity contribution is -0.115. The number of nitrogens with one attached hydrogen (secondary N) is 2. The largest absolute Gasteiger partial charge is 0.478 e. The first kappa shape index (κ1) is 17.0. The summed E-state index contributed by atoms with van der Waals surface area (Å²) >= 11 is 0. The second-order valence-corrected chi connectivity index (χ2v) is 4.85. The fraction of sp³-hybridized carbons (Fsp3) is 0.118. The molecular weight excluding hydrogens is 312 g/mol. The van der Waals surface area contributed by atoms with Gasteiger partial charge in [-0.05, 0) is 29.8 Å². The molecule has 0 unspecified atom stereocenters. The number of hydrogen-bond acceptors (Lipinski definition) is 4. The van der Waals surface area contributed by atoms with Crippen molar-refractivity contribution in [2.24, 2.45) is 0 Å². The number of carboxylic acid groups (broad SMARTS) is 1. The molecule has 7 nitrogen and oxygen atoms in total. The molecule has 0 aliphatic heterocycles. The Hall–Kier alpha value is -3.35. The van der Waals surface area contributed by atoms with Crippen molar-refractivity contribution in [3.8, 4) is 0 Å². The predicted molar refractivity (Wildman–Crippen MR) is 86.7 cm³/mol. The summed E-state index contributed by atoms with van der Waals surface area (Å²) in [6, 6.07) is 14.8. The van der Waals surface area contributed by atoms with Crippen LogP contribution in [0.4, 0.5) is 10.5 Å². The lowest BCUT2D eigenvalue weighted by atomic mass is 10.2. The topological polar surface area (TPSA) is 105 Å². The highest BCUT2D eigenvalue weighted by Gasteiger charge is 2.08. The van der Waals surface area contributed by atoms with Gasteiger partial charge in [0.15, 0.2) is 0 Å². The van der Waals surface area contributed by atoms with Crippen LogP contribution < -0.4 is 10.6 Å². The van der Waals surface area contributed by atoms with Gasteiger partial charge in [0.05, 0.1) is 5.56 Å². The van der Waals surface area contributed by atoms with Crippen molar-refractivity contribution in [2.75, 3.05) is 11.9 Å². The molecule has 0 spiro atoms. The summed E-state index contributed by atoms with van der Waals surface area (Å²) in [7, 11) is 0. The molecule has 7 heteroatoms. The Bertz CT molecular complexity index is 714. The zero-order valence-corrected chi connectivity index (χ0v) is 12.7. The maximum atomic E-state index is 11.7. The molecule has 0 aliphatic carbocycles. The molecule has 0 atom stereocenters. The number of carboxylic acids is 1. The third kappa shape index (κ3) is 5.45. The second kappa shape index (κ2) is 8.33. The van der Waals surface area contributed by atoms with E-state index in [9.17, 15) is 14.4 Å². The van der Waals surface area contributed by atoms with Crippen molar-refractivity contribution in [3.63, 3.8) is 0 Å². The summed E-state index contributed by atoms with van der Waals surface area (Å²) in [4.78, 5) is 34.0. The molecule has 0 heterocycles. The zero-order chi connectivity index (χ0) is 17.4. The van der Waals surface area contributed by atoms with Crippen molar-refractivity contribution >= 4 is 23.7 Å². The fourth-order valence-corrected chi connectivity index (χ4v) is 1.83. The van der Waals surface area contributed by atoms with Crippen LogP contribution in [0, 0.1) is 0 Å². The molecule has 0 aliphatic rings. The zero-order valence-electron chi connectivity index (χ0n) is 12.7. The SMILES string of the molecule is O=C(CNC(=O)OCc1ccccc1)Nc1ccc(C(=O)O)cc1. The maximum Gasteiger partial charge on any atom is 0.407 e. The molecule has 0 radical (unpaired) electrons. The standard InChI is InChI=1S/C17H16N2O5/c20-15(19-14-8-6-13(7-9-14)16(21)22)10-18-17(23)24-11-12-4-2-1-3-5-12/h1-9H,10-11H2,(H,18,23)(H,19,20)(H,21,22). The van der Waals surface area contributed by atoms with Crippen LogP contribution >= 0.6 is 0 Å². The molecule has 24 heavy (non-hydrogen) atoms. The van der Waals surface area contributed by atoms with E-state index in [1.807, 2.05) is 30.3 Å². The van der Waals surface area contributed by atoms with Gasteiger partial charge >= 0.3 is 12.1 Å². The summed E-state index contributed by atoms with van der Waals surface area (Å²) in [5.41, 5.74) is 1.40. The number of benzene rings is 2. The molecule has 0 fully saturated rings. The van der Waals surface area contributed by atoms with Crippen LogP contribution in [0.25, 0.3) is 0 Å². The highest BCUT2D eigenvalue weighted by Crippen LogP contribution is 2.09. The quantitative estimate of drug-likeness (QED) is 0.754. The monoisotopic (exact) mass is 328 g/mol. The number of aromatic carboxylic acids is 1. The second-order valence-electron chi connectivity index (χ2n) is 4.85. The predicted octanol–water partition coefficient (Wildman–Crippen LogP) is 2.25. The molecule has 3 N–H and O–H groups in total. The molecular formula is C17H16N2O5. The van der Waals surface area contributed by atoms with Gasteiger partial charge in [-0.3, -0.25) is 4.79 Å². The number of carbonyl (C=O) groups excluding carboxylic acids is 2. The Labute approximate surface area is 138 Å². The smallest absolute Gasteiger partial charge is 0.407 e. The van der Waals surface area contributed by atoms with E-state index < -0.39 is 18.0 Å². The van der Waals surface area contributed by atoms with Crippen molar-refractivity contribution in [1.29, 1.82) is 0 Å². The van der Waals surface area contributed by atoms with E-state index in [4.69, 9.17) is 9.84 Å². The van der Waals surface area contributed by atoms with Crippen LogP contribution in [0.1, 0.15) is 15.9 Å². The van der Waals surface area contributed by atoms with Crippen LogP contribution in [0.3, 0.4) is 0 Å². The summed E-state index contributed by atoms with van der Waals surface area (Å²) in [6.07, 6.45) is -0.699. The third-order valence-corrected chi connectivity index (χ3v) is 3.02. The highest BCUT2D eigenvalue weighted by atomic mass is 16.5. The van der Waals surface area contributed by atoms with Crippen LogP contribution in [0.2, 0.25) is 0 Å². The van der Waals surface area contributed by atoms with Gasteiger partial charge in [0.1, 0.15) is 13.2 Å². The molecule has 2 aromatic rings. The molecule has 0 aromatic heterocycles. The van der Waals surface area contributed by atoms with Crippen molar-refractivity contribution < 1.29 is 24.2 Å². The van der Waals surface area contributed by atoms with E-state index in [0.717, 1.165) is 5.56 Å². The van der Waals surface area contributed by atoms with Gasteiger partial charge < -0.3 is 20.5 Å². The Morgan fingerprint density at radius 3 is 2.25 bits per heavy atom. The average molecular weight is 328 g/mol. The number of rotatable bonds is 6. The number of hydrogen-bond donors (Lipinski definition) is 3. The maximum absolute atomic E-state index is 11.7. The number of anilines is 1. The Balaban J connectivity index is 1.72. The first-order chi connectivity index (χ1) is 11.5. The summed E-state index contributed by atoms with van der Waals surface area (Å²) in [5, 5.41) is 13.7. The fourth-order valence-electron chi connectivity index (χ4n) is 1.83. The Morgan fingerprint density at radius 2 is 1.62 bits per heavy atom. The molecule has 2 aromatic carbocycles. The van der Waals surface area contributed by atoms with Crippen LogP contribution in [-0.4, -0.2) is 29.6 Å². The number of ether oxygens (including phenoxy) is 1. The van der Waals surface area contributed by atoms with Crippen molar-refractivity contribution in [2.45, 2.75) is 6.61 Å². The first-order valence-electron chi connectivity index (χ1n) is 7.12. The lowest BCUT2D eigenvalue weighted by Gasteiger charge is -2.08. The van der Waals surface area contributed by atoms with Gasteiger partial charge in [0.2, 0.25) is 5.91 Å². The van der Waals surface area contributed by atoms with Crippen molar-refractivity contribution in [1.82, 2.24) is 5.32 Å². The molecule has 0 saturated carbocycles. The molecule has 0 saturated heterocycles. The number of amides is 2. The number of carbonyl (C=O) groups is 3. The number of alkyl carbamates (subject to hydrolysis) is 1.